The zero-order valence-electron chi connectivity index (χ0n) is 12.0. The summed E-state index contributed by atoms with van der Waals surface area (Å²) in [5.74, 6) is 0.464. The molecule has 2 unspecified atom stereocenters. The fraction of sp³-hybridized carbons (Fsp3) is 0.600. The maximum Gasteiger partial charge on any atom is 0.240 e. The van der Waals surface area contributed by atoms with Crippen LogP contribution < -0.4 is 10.0 Å². The summed E-state index contributed by atoms with van der Waals surface area (Å²) < 4.78 is 27.4. The lowest BCUT2D eigenvalue weighted by molar-refractivity contribution is 0.578. The molecule has 2 aliphatic carbocycles. The van der Waals surface area contributed by atoms with Gasteiger partial charge in [0, 0.05) is 18.6 Å². The van der Waals surface area contributed by atoms with E-state index in [0.29, 0.717) is 16.9 Å². The molecule has 5 heteroatoms. The maximum atomic E-state index is 12.3. The number of aryl methyl sites for hydroxylation is 1. The van der Waals surface area contributed by atoms with Crippen LogP contribution in [0.3, 0.4) is 0 Å². The molecule has 4 nitrogen and oxygen atoms in total. The molecule has 0 saturated heterocycles. The molecule has 2 aliphatic rings. The maximum absolute atomic E-state index is 12.3. The van der Waals surface area contributed by atoms with E-state index in [1.165, 1.54) is 12.8 Å². The molecule has 2 N–H and O–H groups in total. The Kier molecular flexibility index (Phi) is 3.60. The molecule has 0 radical (unpaired) electrons. The lowest BCUT2D eigenvalue weighted by atomic mass is 10.1. The summed E-state index contributed by atoms with van der Waals surface area (Å²) in [7, 11) is -3.37. The van der Waals surface area contributed by atoms with Crippen molar-refractivity contribution in [2.45, 2.75) is 56.6 Å². The molecule has 1 aromatic rings. The molecule has 3 rings (SSSR count). The van der Waals surface area contributed by atoms with Gasteiger partial charge in [0.2, 0.25) is 10.0 Å². The molecule has 0 heterocycles. The standard InChI is InChI=1S/C15H22N2O2S/c1-10-3-6-14(8-12(10)9-16-13-4-5-13)20(18,19)17-15-7-11(15)2/h3,6,8,11,13,15-17H,4-5,7,9H2,1-2H3. The van der Waals surface area contributed by atoms with Crippen LogP contribution in [0.15, 0.2) is 23.1 Å². The second-order valence-corrected chi connectivity index (χ2v) is 7.90. The third-order valence-corrected chi connectivity index (χ3v) is 5.69. The Hall–Kier alpha value is -0.910. The smallest absolute Gasteiger partial charge is 0.240 e. The number of hydrogen-bond acceptors (Lipinski definition) is 3. The van der Waals surface area contributed by atoms with Crippen LogP contribution in [0, 0.1) is 12.8 Å². The highest BCUT2D eigenvalue weighted by atomic mass is 32.2. The van der Waals surface area contributed by atoms with Gasteiger partial charge >= 0.3 is 0 Å². The molecule has 0 amide bonds. The van der Waals surface area contributed by atoms with Crippen molar-refractivity contribution in [1.82, 2.24) is 10.0 Å². The van der Waals surface area contributed by atoms with Crippen LogP contribution >= 0.6 is 0 Å². The summed E-state index contributed by atoms with van der Waals surface area (Å²) in [5.41, 5.74) is 2.21. The van der Waals surface area contributed by atoms with Crippen LogP contribution in [0.25, 0.3) is 0 Å². The summed E-state index contributed by atoms with van der Waals surface area (Å²) in [6, 6.07) is 6.15. The minimum absolute atomic E-state index is 0.120. The quantitative estimate of drug-likeness (QED) is 0.843. The average molecular weight is 294 g/mol. The predicted octanol–water partition coefficient (Wildman–Crippen LogP) is 1.93. The van der Waals surface area contributed by atoms with Crippen molar-refractivity contribution in [1.29, 1.82) is 0 Å². The van der Waals surface area contributed by atoms with Crippen LogP contribution in [0.2, 0.25) is 0 Å². The van der Waals surface area contributed by atoms with Crippen LogP contribution in [0.4, 0.5) is 0 Å². The third kappa shape index (κ3) is 3.22. The van der Waals surface area contributed by atoms with Gasteiger partial charge < -0.3 is 5.32 Å². The van der Waals surface area contributed by atoms with Gasteiger partial charge in [0.1, 0.15) is 0 Å². The van der Waals surface area contributed by atoms with Gasteiger partial charge in [-0.3, -0.25) is 0 Å². The molecule has 2 saturated carbocycles. The molecule has 1 aromatic carbocycles. The first-order valence-electron chi connectivity index (χ1n) is 7.31. The van der Waals surface area contributed by atoms with Crippen molar-refractivity contribution in [3.05, 3.63) is 29.3 Å². The topological polar surface area (TPSA) is 58.2 Å². The molecular formula is C15H22N2O2S. The zero-order valence-corrected chi connectivity index (χ0v) is 12.8. The molecule has 20 heavy (non-hydrogen) atoms. The van der Waals surface area contributed by atoms with Crippen molar-refractivity contribution in [3.63, 3.8) is 0 Å². The summed E-state index contributed by atoms with van der Waals surface area (Å²) in [6.45, 7) is 4.84. The molecule has 0 aromatic heterocycles. The highest BCUT2D eigenvalue weighted by Crippen LogP contribution is 2.31. The summed E-state index contributed by atoms with van der Waals surface area (Å²) in [6.07, 6.45) is 3.41. The summed E-state index contributed by atoms with van der Waals surface area (Å²) in [4.78, 5) is 0.384. The van der Waals surface area contributed by atoms with Gasteiger partial charge in [0.05, 0.1) is 4.90 Å². The second-order valence-electron chi connectivity index (χ2n) is 6.18. The first-order chi connectivity index (χ1) is 9.45. The average Bonchev–Trinajstić information content (AvgIpc) is 3.28. The highest BCUT2D eigenvalue weighted by molar-refractivity contribution is 7.89. The fourth-order valence-electron chi connectivity index (χ4n) is 2.30. The SMILES string of the molecule is Cc1ccc(S(=O)(=O)NC2CC2C)cc1CNC1CC1. The van der Waals surface area contributed by atoms with Crippen molar-refractivity contribution in [2.75, 3.05) is 0 Å². The molecule has 2 fully saturated rings. The van der Waals surface area contributed by atoms with Gasteiger partial charge in [-0.05, 0) is 55.4 Å². The van der Waals surface area contributed by atoms with E-state index in [9.17, 15) is 8.42 Å². The minimum atomic E-state index is -3.37. The number of sulfonamides is 1. The molecule has 110 valence electrons. The summed E-state index contributed by atoms with van der Waals surface area (Å²) in [5, 5.41) is 3.44. The van der Waals surface area contributed by atoms with Crippen molar-refractivity contribution in [3.8, 4) is 0 Å². The van der Waals surface area contributed by atoms with Crippen molar-refractivity contribution in [2.24, 2.45) is 5.92 Å². The van der Waals surface area contributed by atoms with Crippen LogP contribution in [-0.2, 0) is 16.6 Å². The lowest BCUT2D eigenvalue weighted by Crippen LogP contribution is -2.27. The third-order valence-electron chi connectivity index (χ3n) is 4.21. The van der Waals surface area contributed by atoms with Gasteiger partial charge in [-0.25, -0.2) is 13.1 Å². The Balaban J connectivity index is 1.76. The van der Waals surface area contributed by atoms with E-state index in [4.69, 9.17) is 0 Å². The second kappa shape index (κ2) is 5.13. The number of hydrogen-bond donors (Lipinski definition) is 2. The Labute approximate surface area is 121 Å². The van der Waals surface area contributed by atoms with Crippen LogP contribution in [-0.4, -0.2) is 20.5 Å². The Morgan fingerprint density at radius 3 is 2.60 bits per heavy atom. The fourth-order valence-corrected chi connectivity index (χ4v) is 3.71. The predicted molar refractivity (Wildman–Crippen MR) is 78.9 cm³/mol. The zero-order chi connectivity index (χ0) is 14.3. The molecule has 0 bridgehead atoms. The van der Waals surface area contributed by atoms with Gasteiger partial charge in [0.15, 0.2) is 0 Å². The Morgan fingerprint density at radius 1 is 1.30 bits per heavy atom. The first-order valence-corrected chi connectivity index (χ1v) is 8.79. The van der Waals surface area contributed by atoms with Crippen LogP contribution in [0.5, 0.6) is 0 Å². The Morgan fingerprint density at radius 2 is 2.00 bits per heavy atom. The van der Waals surface area contributed by atoms with E-state index in [1.54, 1.807) is 12.1 Å². The molecule has 0 spiro atoms. The van der Waals surface area contributed by atoms with Crippen molar-refractivity contribution < 1.29 is 8.42 Å². The van der Waals surface area contributed by atoms with Crippen LogP contribution in [0.1, 0.15) is 37.3 Å². The van der Waals surface area contributed by atoms with E-state index in [2.05, 4.69) is 17.0 Å². The normalized spacial score (nSPS) is 25.7. The Bertz CT molecular complexity index is 608. The van der Waals surface area contributed by atoms with E-state index in [-0.39, 0.29) is 6.04 Å². The van der Waals surface area contributed by atoms with E-state index in [0.717, 1.165) is 24.1 Å². The molecule has 0 aliphatic heterocycles. The van der Waals surface area contributed by atoms with E-state index >= 15 is 0 Å². The largest absolute Gasteiger partial charge is 0.310 e. The number of benzene rings is 1. The van der Waals surface area contributed by atoms with Gasteiger partial charge in [-0.1, -0.05) is 13.0 Å². The van der Waals surface area contributed by atoms with E-state index in [1.807, 2.05) is 13.0 Å². The van der Waals surface area contributed by atoms with Crippen molar-refractivity contribution >= 4 is 10.0 Å². The van der Waals surface area contributed by atoms with Gasteiger partial charge in [0.25, 0.3) is 0 Å². The van der Waals surface area contributed by atoms with Gasteiger partial charge in [-0.2, -0.15) is 0 Å². The number of rotatable bonds is 6. The first kappa shape index (κ1) is 14.0. The van der Waals surface area contributed by atoms with E-state index < -0.39 is 10.0 Å². The molecule has 2 atom stereocenters. The highest BCUT2D eigenvalue weighted by Gasteiger charge is 2.36. The van der Waals surface area contributed by atoms with Gasteiger partial charge in [-0.15, -0.1) is 0 Å². The number of nitrogens with one attached hydrogen (secondary N) is 2. The molecular weight excluding hydrogens is 272 g/mol. The minimum Gasteiger partial charge on any atom is -0.310 e. The summed E-state index contributed by atoms with van der Waals surface area (Å²) >= 11 is 0. The lowest BCUT2D eigenvalue weighted by Gasteiger charge is -2.11. The monoisotopic (exact) mass is 294 g/mol.